The minimum absolute atomic E-state index is 0.219. The minimum Gasteiger partial charge on any atom is -0.361 e. The van der Waals surface area contributed by atoms with Crippen LogP contribution in [0.2, 0.25) is 0 Å². The molecular formula is C13H8F3N. The van der Waals surface area contributed by atoms with Crippen LogP contribution >= 0.6 is 0 Å². The molecule has 1 heterocycles. The number of H-pyrrole nitrogens is 1. The van der Waals surface area contributed by atoms with E-state index in [4.69, 9.17) is 0 Å². The summed E-state index contributed by atoms with van der Waals surface area (Å²) in [6.45, 7) is 0. The highest BCUT2D eigenvalue weighted by Crippen LogP contribution is 2.37. The third-order valence-electron chi connectivity index (χ3n) is 2.87. The van der Waals surface area contributed by atoms with Crippen molar-refractivity contribution in [3.63, 3.8) is 0 Å². The van der Waals surface area contributed by atoms with Gasteiger partial charge in [-0.3, -0.25) is 0 Å². The van der Waals surface area contributed by atoms with E-state index in [1.165, 1.54) is 18.3 Å². The first-order valence-corrected chi connectivity index (χ1v) is 5.13. The molecule has 1 nitrogen and oxygen atoms in total. The number of benzene rings is 2. The Bertz CT molecular complexity index is 695. The molecule has 0 aliphatic rings. The number of fused-ring (bicyclic) bond motifs is 3. The van der Waals surface area contributed by atoms with Crippen molar-refractivity contribution in [2.24, 2.45) is 0 Å². The number of rotatable bonds is 0. The third-order valence-corrected chi connectivity index (χ3v) is 2.87. The Hall–Kier alpha value is -1.97. The van der Waals surface area contributed by atoms with Crippen LogP contribution in [0.5, 0.6) is 0 Å². The lowest BCUT2D eigenvalue weighted by atomic mass is 10.0. The predicted octanol–water partition coefficient (Wildman–Crippen LogP) is 4.34. The molecule has 17 heavy (non-hydrogen) atoms. The van der Waals surface area contributed by atoms with Crippen LogP contribution in [0.3, 0.4) is 0 Å². The Morgan fingerprint density at radius 1 is 0.941 bits per heavy atom. The van der Waals surface area contributed by atoms with Gasteiger partial charge in [0.25, 0.3) is 0 Å². The lowest BCUT2D eigenvalue weighted by molar-refractivity contribution is -0.136. The molecule has 2 aromatic carbocycles. The zero-order chi connectivity index (χ0) is 12.0. The first-order valence-electron chi connectivity index (χ1n) is 5.13. The second kappa shape index (κ2) is 3.26. The van der Waals surface area contributed by atoms with Gasteiger partial charge in [-0.1, -0.05) is 24.3 Å². The number of aromatic nitrogens is 1. The molecule has 0 unspecified atom stereocenters. The molecule has 0 saturated carbocycles. The molecule has 0 saturated heterocycles. The van der Waals surface area contributed by atoms with Crippen molar-refractivity contribution >= 4 is 21.7 Å². The largest absolute Gasteiger partial charge is 0.417 e. The number of nitrogens with one attached hydrogen (secondary N) is 1. The van der Waals surface area contributed by atoms with Crippen LogP contribution in [-0.2, 0) is 6.18 Å². The van der Waals surface area contributed by atoms with Gasteiger partial charge in [0.1, 0.15) is 0 Å². The van der Waals surface area contributed by atoms with Gasteiger partial charge in [-0.25, -0.2) is 0 Å². The second-order valence-electron chi connectivity index (χ2n) is 3.91. The molecule has 1 aromatic heterocycles. The second-order valence-corrected chi connectivity index (χ2v) is 3.91. The number of alkyl halides is 3. The fraction of sp³-hybridized carbons (Fsp3) is 0.0769. The van der Waals surface area contributed by atoms with Gasteiger partial charge in [0.05, 0.1) is 11.1 Å². The number of halogens is 3. The summed E-state index contributed by atoms with van der Waals surface area (Å²) in [4.78, 5) is 2.88. The Morgan fingerprint density at radius 2 is 1.71 bits per heavy atom. The molecule has 0 spiro atoms. The lowest BCUT2D eigenvalue weighted by Crippen LogP contribution is -2.05. The molecule has 0 atom stereocenters. The van der Waals surface area contributed by atoms with Crippen LogP contribution in [0.15, 0.2) is 42.6 Å². The van der Waals surface area contributed by atoms with E-state index >= 15 is 0 Å². The summed E-state index contributed by atoms with van der Waals surface area (Å²) in [5, 5.41) is 1.62. The van der Waals surface area contributed by atoms with Gasteiger partial charge >= 0.3 is 6.18 Å². The average Bonchev–Trinajstić information content (AvgIpc) is 2.75. The van der Waals surface area contributed by atoms with Gasteiger partial charge in [-0.05, 0) is 17.5 Å². The number of hydrogen-bond donors (Lipinski definition) is 1. The van der Waals surface area contributed by atoms with E-state index in [9.17, 15) is 13.2 Å². The van der Waals surface area contributed by atoms with Crippen molar-refractivity contribution in [1.82, 2.24) is 4.98 Å². The van der Waals surface area contributed by atoms with Crippen molar-refractivity contribution in [2.75, 3.05) is 0 Å². The Morgan fingerprint density at radius 3 is 2.47 bits per heavy atom. The van der Waals surface area contributed by atoms with Crippen molar-refractivity contribution in [3.05, 3.63) is 48.2 Å². The van der Waals surface area contributed by atoms with Gasteiger partial charge in [0, 0.05) is 17.0 Å². The summed E-state index contributed by atoms with van der Waals surface area (Å²) in [6.07, 6.45) is -2.79. The highest BCUT2D eigenvalue weighted by molar-refractivity contribution is 6.07. The standard InChI is InChI=1S/C13H8F3N/c14-13(15,16)11-7-8-3-1-2-4-9(8)12-10(11)5-6-17-12/h1-7,17H. The van der Waals surface area contributed by atoms with Gasteiger partial charge < -0.3 is 4.98 Å². The maximum Gasteiger partial charge on any atom is 0.417 e. The van der Waals surface area contributed by atoms with Crippen LogP contribution in [0, 0.1) is 0 Å². The molecule has 0 aliphatic heterocycles. The molecule has 0 fully saturated rings. The fourth-order valence-corrected chi connectivity index (χ4v) is 2.14. The van der Waals surface area contributed by atoms with E-state index in [1.54, 1.807) is 12.1 Å². The van der Waals surface area contributed by atoms with Crippen LogP contribution in [0.4, 0.5) is 13.2 Å². The highest BCUT2D eigenvalue weighted by Gasteiger charge is 2.33. The quantitative estimate of drug-likeness (QED) is 0.596. The molecule has 1 N–H and O–H groups in total. The van der Waals surface area contributed by atoms with Crippen LogP contribution in [-0.4, -0.2) is 4.98 Å². The van der Waals surface area contributed by atoms with Gasteiger partial charge in [0.15, 0.2) is 0 Å². The van der Waals surface area contributed by atoms with Gasteiger partial charge in [-0.2, -0.15) is 13.2 Å². The molecule has 0 radical (unpaired) electrons. The molecule has 3 aromatic rings. The number of aromatic amines is 1. The average molecular weight is 235 g/mol. The number of hydrogen-bond acceptors (Lipinski definition) is 0. The van der Waals surface area contributed by atoms with Crippen molar-refractivity contribution in [2.45, 2.75) is 6.18 Å². The summed E-state index contributed by atoms with van der Waals surface area (Å²) in [5.41, 5.74) is -0.0529. The zero-order valence-electron chi connectivity index (χ0n) is 8.68. The summed E-state index contributed by atoms with van der Waals surface area (Å²) < 4.78 is 38.7. The third kappa shape index (κ3) is 1.48. The van der Waals surface area contributed by atoms with Crippen LogP contribution < -0.4 is 0 Å². The summed E-state index contributed by atoms with van der Waals surface area (Å²) in [7, 11) is 0. The first kappa shape index (κ1) is 10.2. The van der Waals surface area contributed by atoms with E-state index in [0.29, 0.717) is 10.9 Å². The smallest absolute Gasteiger partial charge is 0.361 e. The molecule has 3 rings (SSSR count). The molecule has 0 aliphatic carbocycles. The Balaban J connectivity index is 2.53. The normalized spacial score (nSPS) is 12.4. The molecule has 0 bridgehead atoms. The van der Waals surface area contributed by atoms with E-state index in [1.807, 2.05) is 12.1 Å². The van der Waals surface area contributed by atoms with Crippen molar-refractivity contribution in [3.8, 4) is 0 Å². The maximum atomic E-state index is 12.9. The first-order chi connectivity index (χ1) is 8.07. The topological polar surface area (TPSA) is 15.8 Å². The summed E-state index contributed by atoms with van der Waals surface area (Å²) >= 11 is 0. The van der Waals surface area contributed by atoms with Crippen molar-refractivity contribution < 1.29 is 13.2 Å². The summed E-state index contributed by atoms with van der Waals surface area (Å²) in [6, 6.07) is 9.71. The minimum atomic E-state index is -4.33. The fourth-order valence-electron chi connectivity index (χ4n) is 2.14. The van der Waals surface area contributed by atoms with Crippen LogP contribution in [0.1, 0.15) is 5.56 Å². The zero-order valence-corrected chi connectivity index (χ0v) is 8.68. The SMILES string of the molecule is FC(F)(F)c1cc2ccccc2c2[nH]ccc12. The monoisotopic (exact) mass is 235 g/mol. The lowest BCUT2D eigenvalue weighted by Gasteiger charge is -2.10. The van der Waals surface area contributed by atoms with E-state index < -0.39 is 11.7 Å². The molecule has 0 amide bonds. The predicted molar refractivity (Wildman–Crippen MR) is 60.8 cm³/mol. The Labute approximate surface area is 94.9 Å². The molecule has 86 valence electrons. The molecule has 4 heteroatoms. The van der Waals surface area contributed by atoms with Gasteiger partial charge in [0.2, 0.25) is 0 Å². The van der Waals surface area contributed by atoms with Crippen LogP contribution in [0.25, 0.3) is 21.7 Å². The van der Waals surface area contributed by atoms with Gasteiger partial charge in [-0.15, -0.1) is 0 Å². The van der Waals surface area contributed by atoms with Crippen molar-refractivity contribution in [1.29, 1.82) is 0 Å². The van der Waals surface area contributed by atoms with E-state index in [0.717, 1.165) is 5.39 Å². The van der Waals surface area contributed by atoms with E-state index in [-0.39, 0.29) is 5.39 Å². The maximum absolute atomic E-state index is 12.9. The summed E-state index contributed by atoms with van der Waals surface area (Å²) in [5.74, 6) is 0. The van der Waals surface area contributed by atoms with E-state index in [2.05, 4.69) is 4.98 Å². The molecular weight excluding hydrogens is 227 g/mol. The highest BCUT2D eigenvalue weighted by atomic mass is 19.4. The Kier molecular flexibility index (Phi) is 1.96.